The molecular weight excluding hydrogens is 244 g/mol. The fraction of sp³-hybridized carbons (Fsp3) is 0.300. The first-order chi connectivity index (χ1) is 8.22. The summed E-state index contributed by atoms with van der Waals surface area (Å²) in [5.74, 6) is 0.251. The van der Waals surface area contributed by atoms with E-state index in [4.69, 9.17) is 21.9 Å². The lowest BCUT2D eigenvalue weighted by atomic mass is 10.3. The summed E-state index contributed by atoms with van der Waals surface area (Å²) in [4.78, 5) is 13.8. The van der Waals surface area contributed by atoms with Crippen molar-refractivity contribution in [1.82, 2.24) is 5.32 Å². The van der Waals surface area contributed by atoms with Crippen LogP contribution in [0.5, 0.6) is 5.75 Å². The lowest BCUT2D eigenvalue weighted by Crippen LogP contribution is -2.30. The van der Waals surface area contributed by atoms with Gasteiger partial charge in [0.15, 0.2) is 6.61 Å². The van der Waals surface area contributed by atoms with E-state index in [1.807, 2.05) is 0 Å². The number of azide groups is 1. The van der Waals surface area contributed by atoms with Gasteiger partial charge in [-0.3, -0.25) is 4.79 Å². The zero-order chi connectivity index (χ0) is 12.5. The molecule has 0 aliphatic rings. The van der Waals surface area contributed by atoms with E-state index in [0.29, 0.717) is 17.3 Å². The second-order valence-electron chi connectivity index (χ2n) is 3.05. The summed E-state index contributed by atoms with van der Waals surface area (Å²) >= 11 is 5.75. The normalized spacial score (nSPS) is 9.24. The molecule has 90 valence electrons. The molecule has 0 bridgehead atoms. The lowest BCUT2D eigenvalue weighted by molar-refractivity contribution is -0.123. The van der Waals surface area contributed by atoms with E-state index in [9.17, 15) is 4.79 Å². The Morgan fingerprint density at radius 2 is 2.41 bits per heavy atom. The number of carbonyl (C=O) groups excluding carboxylic acids is 1. The third kappa shape index (κ3) is 5.65. The van der Waals surface area contributed by atoms with Crippen molar-refractivity contribution in [3.05, 3.63) is 39.7 Å². The molecule has 7 heteroatoms. The molecular formula is C10H11ClN4O2. The Kier molecular flexibility index (Phi) is 5.71. The highest BCUT2D eigenvalue weighted by atomic mass is 35.5. The molecule has 0 spiro atoms. The summed E-state index contributed by atoms with van der Waals surface area (Å²) in [6.45, 7) is 0.414. The van der Waals surface area contributed by atoms with Gasteiger partial charge < -0.3 is 10.1 Å². The molecule has 0 aliphatic heterocycles. The van der Waals surface area contributed by atoms with Gasteiger partial charge >= 0.3 is 0 Å². The van der Waals surface area contributed by atoms with E-state index in [1.54, 1.807) is 24.3 Å². The van der Waals surface area contributed by atoms with Crippen LogP contribution in [0.1, 0.15) is 0 Å². The monoisotopic (exact) mass is 254 g/mol. The minimum absolute atomic E-state index is 0.101. The molecule has 0 atom stereocenters. The largest absolute Gasteiger partial charge is 0.484 e. The van der Waals surface area contributed by atoms with E-state index < -0.39 is 0 Å². The van der Waals surface area contributed by atoms with Crippen molar-refractivity contribution in [2.24, 2.45) is 5.11 Å². The fourth-order valence-corrected chi connectivity index (χ4v) is 1.23. The van der Waals surface area contributed by atoms with Crippen LogP contribution in [0.3, 0.4) is 0 Å². The van der Waals surface area contributed by atoms with Crippen LogP contribution in [0.2, 0.25) is 5.02 Å². The highest BCUT2D eigenvalue weighted by Crippen LogP contribution is 2.16. The number of benzene rings is 1. The molecule has 6 nitrogen and oxygen atoms in total. The Morgan fingerprint density at radius 1 is 1.59 bits per heavy atom. The SMILES string of the molecule is [N-]=[N+]=NCCNC(=O)COc1cccc(Cl)c1. The second-order valence-corrected chi connectivity index (χ2v) is 3.49. The molecule has 1 aromatic rings. The van der Waals surface area contributed by atoms with Crippen LogP contribution in [0, 0.1) is 0 Å². The number of hydrogen-bond donors (Lipinski definition) is 1. The van der Waals surface area contributed by atoms with Gasteiger partial charge in [-0.25, -0.2) is 0 Å². The summed E-state index contributed by atoms with van der Waals surface area (Å²) in [5, 5.41) is 6.37. The molecule has 0 aromatic heterocycles. The Bertz CT molecular complexity index is 432. The minimum atomic E-state index is -0.280. The molecule has 0 fully saturated rings. The molecule has 1 rings (SSSR count). The molecule has 0 radical (unpaired) electrons. The Labute approximate surface area is 103 Å². The standard InChI is InChI=1S/C10H11ClN4O2/c11-8-2-1-3-9(6-8)17-7-10(16)13-4-5-14-15-12/h1-3,6H,4-5,7H2,(H,13,16). The summed E-state index contributed by atoms with van der Waals surface area (Å²) in [6, 6.07) is 6.78. The predicted octanol–water partition coefficient (Wildman–Crippen LogP) is 2.15. The number of ether oxygens (including phenoxy) is 1. The summed E-state index contributed by atoms with van der Waals surface area (Å²) < 4.78 is 5.21. The predicted molar refractivity (Wildman–Crippen MR) is 64.0 cm³/mol. The number of nitrogens with zero attached hydrogens (tertiary/aromatic N) is 3. The van der Waals surface area contributed by atoms with Crippen LogP contribution < -0.4 is 10.1 Å². The van der Waals surface area contributed by atoms with E-state index in [0.717, 1.165) is 0 Å². The third-order valence-corrected chi connectivity index (χ3v) is 2.00. The Morgan fingerprint density at radius 3 is 3.12 bits per heavy atom. The van der Waals surface area contributed by atoms with Gasteiger partial charge in [-0.2, -0.15) is 0 Å². The molecule has 0 unspecified atom stereocenters. The minimum Gasteiger partial charge on any atom is -0.484 e. The van der Waals surface area contributed by atoms with Crippen LogP contribution in [-0.2, 0) is 4.79 Å². The summed E-state index contributed by atoms with van der Waals surface area (Å²) in [7, 11) is 0. The van der Waals surface area contributed by atoms with Crippen molar-refractivity contribution in [2.75, 3.05) is 19.7 Å². The number of nitrogens with one attached hydrogen (secondary N) is 1. The molecule has 1 N–H and O–H groups in total. The molecule has 0 saturated carbocycles. The van der Waals surface area contributed by atoms with E-state index in [1.165, 1.54) is 0 Å². The maximum absolute atomic E-state index is 11.3. The van der Waals surface area contributed by atoms with Crippen LogP contribution in [-0.4, -0.2) is 25.6 Å². The first kappa shape index (κ1) is 13.2. The van der Waals surface area contributed by atoms with Gasteiger partial charge in [0.25, 0.3) is 5.91 Å². The van der Waals surface area contributed by atoms with Crippen molar-refractivity contribution in [2.45, 2.75) is 0 Å². The zero-order valence-corrected chi connectivity index (χ0v) is 9.72. The van der Waals surface area contributed by atoms with Crippen molar-refractivity contribution < 1.29 is 9.53 Å². The van der Waals surface area contributed by atoms with Crippen molar-refractivity contribution >= 4 is 17.5 Å². The van der Waals surface area contributed by atoms with Crippen LogP contribution in [0.15, 0.2) is 29.4 Å². The zero-order valence-electron chi connectivity index (χ0n) is 8.97. The van der Waals surface area contributed by atoms with E-state index in [2.05, 4.69) is 15.3 Å². The number of amides is 1. The van der Waals surface area contributed by atoms with Crippen LogP contribution >= 0.6 is 11.6 Å². The first-order valence-electron chi connectivity index (χ1n) is 4.88. The maximum atomic E-state index is 11.3. The van der Waals surface area contributed by atoms with Crippen molar-refractivity contribution in [3.8, 4) is 5.75 Å². The van der Waals surface area contributed by atoms with Gasteiger partial charge in [0.05, 0.1) is 0 Å². The van der Waals surface area contributed by atoms with Gasteiger partial charge in [0.1, 0.15) is 5.75 Å². The number of halogens is 1. The number of carbonyl (C=O) groups is 1. The average Bonchev–Trinajstić information content (AvgIpc) is 2.32. The number of rotatable bonds is 6. The van der Waals surface area contributed by atoms with Gasteiger partial charge in [0.2, 0.25) is 0 Å². The lowest BCUT2D eigenvalue weighted by Gasteiger charge is -2.06. The highest BCUT2D eigenvalue weighted by molar-refractivity contribution is 6.30. The highest BCUT2D eigenvalue weighted by Gasteiger charge is 2.01. The van der Waals surface area contributed by atoms with Gasteiger partial charge in [-0.05, 0) is 23.7 Å². The first-order valence-corrected chi connectivity index (χ1v) is 5.26. The molecule has 0 saturated heterocycles. The summed E-state index contributed by atoms with van der Waals surface area (Å²) in [6.07, 6.45) is 0. The topological polar surface area (TPSA) is 87.1 Å². The second kappa shape index (κ2) is 7.38. The molecule has 1 amide bonds. The average molecular weight is 255 g/mol. The van der Waals surface area contributed by atoms with Gasteiger partial charge in [-0.15, -0.1) is 0 Å². The van der Waals surface area contributed by atoms with E-state index in [-0.39, 0.29) is 19.1 Å². The van der Waals surface area contributed by atoms with Crippen molar-refractivity contribution in [1.29, 1.82) is 0 Å². The fourth-order valence-electron chi connectivity index (χ4n) is 1.05. The van der Waals surface area contributed by atoms with Crippen LogP contribution in [0.4, 0.5) is 0 Å². The summed E-state index contributed by atoms with van der Waals surface area (Å²) in [5.41, 5.74) is 8.02. The molecule has 0 aliphatic carbocycles. The van der Waals surface area contributed by atoms with Gasteiger partial charge in [0, 0.05) is 23.0 Å². The molecule has 1 aromatic carbocycles. The Hall–Kier alpha value is -1.91. The quantitative estimate of drug-likeness (QED) is 0.365. The maximum Gasteiger partial charge on any atom is 0.257 e. The molecule has 17 heavy (non-hydrogen) atoms. The molecule has 0 heterocycles. The Balaban J connectivity index is 2.26. The van der Waals surface area contributed by atoms with Crippen LogP contribution in [0.25, 0.3) is 10.4 Å². The smallest absolute Gasteiger partial charge is 0.257 e. The van der Waals surface area contributed by atoms with Crippen molar-refractivity contribution in [3.63, 3.8) is 0 Å². The van der Waals surface area contributed by atoms with Gasteiger partial charge in [-0.1, -0.05) is 22.8 Å². The van der Waals surface area contributed by atoms with E-state index >= 15 is 0 Å². The third-order valence-electron chi connectivity index (χ3n) is 1.76. The number of hydrogen-bond acceptors (Lipinski definition) is 3.